The average molecular weight is 253 g/mol. The molecule has 0 amide bonds. The van der Waals surface area contributed by atoms with Crippen LogP contribution in [0.2, 0.25) is 0 Å². The minimum atomic E-state index is 0.831. The summed E-state index contributed by atoms with van der Waals surface area (Å²) in [5.41, 5.74) is 4.12. The van der Waals surface area contributed by atoms with Crippen LogP contribution in [0.15, 0.2) is 42.5 Å². The van der Waals surface area contributed by atoms with Crippen molar-refractivity contribution < 1.29 is 0 Å². The van der Waals surface area contributed by atoms with Crippen LogP contribution in [0.4, 0.5) is 5.69 Å². The molecular weight excluding hydrogens is 230 g/mol. The van der Waals surface area contributed by atoms with Crippen LogP contribution >= 0.6 is 0 Å². The molecule has 0 unspecified atom stereocenters. The maximum atomic E-state index is 2.53. The van der Waals surface area contributed by atoms with Gasteiger partial charge < -0.3 is 4.90 Å². The average Bonchev–Trinajstić information content (AvgIpc) is 2.48. The Morgan fingerprint density at radius 2 is 1.95 bits per heavy atom. The number of hydrogen-bond donors (Lipinski definition) is 0. The van der Waals surface area contributed by atoms with Gasteiger partial charge in [0.1, 0.15) is 0 Å². The van der Waals surface area contributed by atoms with Crippen LogP contribution in [0.3, 0.4) is 0 Å². The van der Waals surface area contributed by atoms with Gasteiger partial charge in [-0.15, -0.1) is 0 Å². The van der Waals surface area contributed by atoms with Gasteiger partial charge in [0, 0.05) is 18.8 Å². The van der Waals surface area contributed by atoms with E-state index in [1.165, 1.54) is 55.6 Å². The van der Waals surface area contributed by atoms with Crippen LogP contribution in [-0.4, -0.2) is 13.1 Å². The van der Waals surface area contributed by atoms with E-state index >= 15 is 0 Å². The predicted octanol–water partition coefficient (Wildman–Crippen LogP) is 4.66. The second kappa shape index (κ2) is 5.64. The SMILES string of the molecule is C[C@H]1CCCN(c2ccc(C3=CCCC=C3)cc2)C1. The number of hydrogen-bond acceptors (Lipinski definition) is 1. The molecule has 19 heavy (non-hydrogen) atoms. The van der Waals surface area contributed by atoms with E-state index in [-0.39, 0.29) is 0 Å². The number of nitrogens with zero attached hydrogens (tertiary/aromatic N) is 1. The largest absolute Gasteiger partial charge is 0.371 e. The zero-order valence-corrected chi connectivity index (χ0v) is 11.8. The van der Waals surface area contributed by atoms with Crippen molar-refractivity contribution in [3.63, 3.8) is 0 Å². The predicted molar refractivity (Wildman–Crippen MR) is 83.4 cm³/mol. The highest BCUT2D eigenvalue weighted by molar-refractivity contribution is 5.75. The van der Waals surface area contributed by atoms with Crippen molar-refractivity contribution in [2.45, 2.75) is 32.6 Å². The molecule has 1 aliphatic carbocycles. The number of benzene rings is 1. The Balaban J connectivity index is 1.75. The van der Waals surface area contributed by atoms with E-state index in [1.54, 1.807) is 0 Å². The highest BCUT2D eigenvalue weighted by atomic mass is 15.1. The number of rotatable bonds is 2. The summed E-state index contributed by atoms with van der Waals surface area (Å²) in [6.45, 7) is 4.78. The van der Waals surface area contributed by atoms with E-state index in [2.05, 4.69) is 54.3 Å². The van der Waals surface area contributed by atoms with E-state index in [0.29, 0.717) is 0 Å². The van der Waals surface area contributed by atoms with Crippen molar-refractivity contribution in [2.75, 3.05) is 18.0 Å². The number of piperidine rings is 1. The van der Waals surface area contributed by atoms with Gasteiger partial charge in [-0.2, -0.15) is 0 Å². The zero-order valence-electron chi connectivity index (χ0n) is 11.8. The van der Waals surface area contributed by atoms with E-state index in [1.807, 2.05) is 0 Å². The molecule has 100 valence electrons. The molecule has 0 bridgehead atoms. The molecule has 1 aromatic carbocycles. The Hall–Kier alpha value is -1.50. The Kier molecular flexibility index (Phi) is 3.72. The monoisotopic (exact) mass is 253 g/mol. The van der Waals surface area contributed by atoms with Gasteiger partial charge in [-0.05, 0) is 54.9 Å². The van der Waals surface area contributed by atoms with E-state index in [0.717, 1.165) is 5.92 Å². The Morgan fingerprint density at radius 3 is 2.63 bits per heavy atom. The molecule has 3 rings (SSSR count). The summed E-state index contributed by atoms with van der Waals surface area (Å²) in [5, 5.41) is 0. The van der Waals surface area contributed by atoms with Gasteiger partial charge in [0.15, 0.2) is 0 Å². The van der Waals surface area contributed by atoms with Gasteiger partial charge in [0.2, 0.25) is 0 Å². The lowest BCUT2D eigenvalue weighted by molar-refractivity contribution is 0.447. The summed E-state index contributed by atoms with van der Waals surface area (Å²) < 4.78 is 0. The minimum absolute atomic E-state index is 0.831. The molecule has 0 spiro atoms. The van der Waals surface area contributed by atoms with Crippen LogP contribution in [0.5, 0.6) is 0 Å². The van der Waals surface area contributed by atoms with Gasteiger partial charge in [0.25, 0.3) is 0 Å². The first-order chi connectivity index (χ1) is 9.33. The first-order valence-corrected chi connectivity index (χ1v) is 7.55. The quantitative estimate of drug-likeness (QED) is 0.741. The van der Waals surface area contributed by atoms with Crippen molar-refractivity contribution in [1.29, 1.82) is 0 Å². The second-order valence-corrected chi connectivity index (χ2v) is 5.88. The molecule has 1 nitrogen and oxygen atoms in total. The Bertz CT molecular complexity index is 481. The fourth-order valence-corrected chi connectivity index (χ4v) is 3.12. The molecule has 0 saturated carbocycles. The summed E-state index contributed by atoms with van der Waals surface area (Å²) in [6.07, 6.45) is 11.9. The zero-order chi connectivity index (χ0) is 13.1. The molecule has 0 aromatic heterocycles. The number of allylic oxidation sites excluding steroid dienone is 4. The number of anilines is 1. The molecule has 1 heteroatoms. The standard InChI is InChI=1S/C18H23N/c1-15-6-5-13-19(14-15)18-11-9-17(10-12-18)16-7-3-2-4-8-16/h3,7-12,15H,2,4-6,13-14H2,1H3/t15-/m0/s1. The Labute approximate surface area is 116 Å². The van der Waals surface area contributed by atoms with Crippen LogP contribution in [0.1, 0.15) is 38.2 Å². The van der Waals surface area contributed by atoms with E-state index < -0.39 is 0 Å². The molecule has 2 aliphatic rings. The maximum Gasteiger partial charge on any atom is 0.0366 e. The van der Waals surface area contributed by atoms with Crippen LogP contribution < -0.4 is 4.90 Å². The highest BCUT2D eigenvalue weighted by Crippen LogP contribution is 2.26. The van der Waals surface area contributed by atoms with Gasteiger partial charge in [-0.1, -0.05) is 37.3 Å². The first-order valence-electron chi connectivity index (χ1n) is 7.55. The van der Waals surface area contributed by atoms with Crippen molar-refractivity contribution in [3.8, 4) is 0 Å². The fraction of sp³-hybridized carbons (Fsp3) is 0.444. The lowest BCUT2D eigenvalue weighted by Gasteiger charge is -2.32. The summed E-state index contributed by atoms with van der Waals surface area (Å²) in [6, 6.07) is 9.12. The topological polar surface area (TPSA) is 3.24 Å². The molecule has 1 saturated heterocycles. The van der Waals surface area contributed by atoms with Crippen LogP contribution in [0.25, 0.3) is 5.57 Å². The smallest absolute Gasteiger partial charge is 0.0366 e. The molecule has 1 aromatic rings. The first kappa shape index (κ1) is 12.5. The fourth-order valence-electron chi connectivity index (χ4n) is 3.12. The van der Waals surface area contributed by atoms with Gasteiger partial charge >= 0.3 is 0 Å². The van der Waals surface area contributed by atoms with Gasteiger partial charge in [-0.3, -0.25) is 0 Å². The maximum absolute atomic E-state index is 2.53. The van der Waals surface area contributed by atoms with Crippen LogP contribution in [0, 0.1) is 5.92 Å². The lowest BCUT2D eigenvalue weighted by Crippen LogP contribution is -2.34. The van der Waals surface area contributed by atoms with Crippen LogP contribution in [-0.2, 0) is 0 Å². The molecule has 0 radical (unpaired) electrons. The van der Waals surface area contributed by atoms with Gasteiger partial charge in [-0.25, -0.2) is 0 Å². The minimum Gasteiger partial charge on any atom is -0.371 e. The van der Waals surface area contributed by atoms with Crippen molar-refractivity contribution >= 4 is 11.3 Å². The summed E-state index contributed by atoms with van der Waals surface area (Å²) in [5.74, 6) is 0.831. The van der Waals surface area contributed by atoms with Crippen molar-refractivity contribution in [3.05, 3.63) is 48.1 Å². The normalized spacial score (nSPS) is 23.3. The lowest BCUT2D eigenvalue weighted by atomic mass is 9.97. The molecule has 1 aliphatic heterocycles. The summed E-state index contributed by atoms with van der Waals surface area (Å²) in [7, 11) is 0. The second-order valence-electron chi connectivity index (χ2n) is 5.88. The summed E-state index contributed by atoms with van der Waals surface area (Å²) in [4.78, 5) is 2.53. The van der Waals surface area contributed by atoms with Crippen molar-refractivity contribution in [2.24, 2.45) is 5.92 Å². The summed E-state index contributed by atoms with van der Waals surface area (Å²) >= 11 is 0. The molecule has 1 fully saturated rings. The molecule has 1 heterocycles. The molecular formula is C18H23N. The third kappa shape index (κ3) is 2.91. The molecule has 0 N–H and O–H groups in total. The van der Waals surface area contributed by atoms with E-state index in [4.69, 9.17) is 0 Å². The van der Waals surface area contributed by atoms with E-state index in [9.17, 15) is 0 Å². The third-order valence-corrected chi connectivity index (χ3v) is 4.22. The van der Waals surface area contributed by atoms with Gasteiger partial charge in [0.05, 0.1) is 0 Å². The molecule has 1 atom stereocenters. The van der Waals surface area contributed by atoms with Crippen molar-refractivity contribution in [1.82, 2.24) is 0 Å². The highest BCUT2D eigenvalue weighted by Gasteiger charge is 2.16. The third-order valence-electron chi connectivity index (χ3n) is 4.22. The Morgan fingerprint density at radius 1 is 1.11 bits per heavy atom.